The Morgan fingerprint density at radius 1 is 1.25 bits per heavy atom. The minimum Gasteiger partial charge on any atom is -0.341 e. The molecule has 0 aromatic heterocycles. The fraction of sp³-hybridized carbons (Fsp3) is 0.467. The number of nitrogens with one attached hydrogen (secondary N) is 3. The highest BCUT2D eigenvalue weighted by Gasteiger charge is 2.23. The van der Waals surface area contributed by atoms with Crippen molar-refractivity contribution < 1.29 is 4.79 Å². The van der Waals surface area contributed by atoms with Crippen molar-refractivity contribution in [3.8, 4) is 0 Å². The molecular weight excluding hydrogens is 373 g/mol. The van der Waals surface area contributed by atoms with Crippen LogP contribution in [0.2, 0.25) is 10.0 Å². The number of urea groups is 1. The number of rotatable bonds is 3. The van der Waals surface area contributed by atoms with Crippen LogP contribution in [0.4, 0.5) is 10.5 Å². The predicted molar refractivity (Wildman–Crippen MR) is 102 cm³/mol. The van der Waals surface area contributed by atoms with E-state index < -0.39 is 6.03 Å². The van der Waals surface area contributed by atoms with E-state index in [4.69, 9.17) is 28.6 Å². The maximum absolute atomic E-state index is 11.6. The third-order valence-corrected chi connectivity index (χ3v) is 4.34. The Morgan fingerprint density at radius 3 is 2.38 bits per heavy atom. The second-order valence-electron chi connectivity index (χ2n) is 5.37. The normalized spacial score (nSPS) is 14.5. The number of benzene rings is 1. The van der Waals surface area contributed by atoms with E-state index in [2.05, 4.69) is 15.5 Å². The number of piperidine rings is 1. The highest BCUT2D eigenvalue weighted by molar-refractivity contribution is 6.40. The molecule has 1 aromatic rings. The molecule has 3 N–H and O–H groups in total. The van der Waals surface area contributed by atoms with E-state index in [0.29, 0.717) is 22.4 Å². The monoisotopic (exact) mass is 393 g/mol. The minimum atomic E-state index is -0.457. The number of hydrogen-bond donors (Lipinski definition) is 3. The van der Waals surface area contributed by atoms with Crippen molar-refractivity contribution in [2.75, 3.05) is 31.7 Å². The molecule has 6 nitrogen and oxygen atoms in total. The van der Waals surface area contributed by atoms with Gasteiger partial charge in [0.15, 0.2) is 0 Å². The number of carbonyl (C=O) groups is 1. The number of guanidine groups is 1. The maximum atomic E-state index is 11.6. The zero-order chi connectivity index (χ0) is 16.8. The molecule has 0 bridgehead atoms. The van der Waals surface area contributed by atoms with Crippen molar-refractivity contribution in [1.82, 2.24) is 15.5 Å². The Bertz CT molecular complexity index is 558. The SMILES string of the molecule is CNC(=O)NC(=N)N(CN1CCCCC1)c1c(Cl)cccc1Cl.Cl. The summed E-state index contributed by atoms with van der Waals surface area (Å²) < 4.78 is 0. The first-order valence-corrected chi connectivity index (χ1v) is 8.29. The molecule has 2 amide bonds. The first-order valence-electron chi connectivity index (χ1n) is 7.54. The first-order chi connectivity index (χ1) is 11.0. The van der Waals surface area contributed by atoms with Gasteiger partial charge in [0.25, 0.3) is 0 Å². The zero-order valence-electron chi connectivity index (χ0n) is 13.4. The summed E-state index contributed by atoms with van der Waals surface area (Å²) in [6.07, 6.45) is 3.47. The summed E-state index contributed by atoms with van der Waals surface area (Å²) in [5.74, 6) is -0.0649. The molecule has 1 aliphatic rings. The molecule has 1 aliphatic heterocycles. The van der Waals surface area contributed by atoms with Gasteiger partial charge in [-0.25, -0.2) is 4.79 Å². The lowest BCUT2D eigenvalue weighted by atomic mass is 10.1. The zero-order valence-corrected chi connectivity index (χ0v) is 15.8. The van der Waals surface area contributed by atoms with Crippen molar-refractivity contribution in [3.05, 3.63) is 28.2 Å². The third-order valence-electron chi connectivity index (χ3n) is 3.73. The molecule has 9 heteroatoms. The van der Waals surface area contributed by atoms with E-state index in [9.17, 15) is 4.79 Å². The lowest BCUT2D eigenvalue weighted by molar-refractivity contribution is 0.234. The summed E-state index contributed by atoms with van der Waals surface area (Å²) in [5.41, 5.74) is 0.530. The van der Waals surface area contributed by atoms with Gasteiger partial charge < -0.3 is 5.32 Å². The van der Waals surface area contributed by atoms with Crippen LogP contribution >= 0.6 is 35.6 Å². The predicted octanol–water partition coefficient (Wildman–Crippen LogP) is 3.53. The van der Waals surface area contributed by atoms with E-state index >= 15 is 0 Å². The van der Waals surface area contributed by atoms with Crippen LogP contribution in [0.5, 0.6) is 0 Å². The number of anilines is 1. The van der Waals surface area contributed by atoms with Crippen molar-refractivity contribution in [3.63, 3.8) is 0 Å². The van der Waals surface area contributed by atoms with Crippen LogP contribution < -0.4 is 15.5 Å². The molecule has 24 heavy (non-hydrogen) atoms. The van der Waals surface area contributed by atoms with Crippen LogP contribution in [0.15, 0.2) is 18.2 Å². The Labute approximate surface area is 158 Å². The van der Waals surface area contributed by atoms with Gasteiger partial charge >= 0.3 is 6.03 Å². The maximum Gasteiger partial charge on any atom is 0.321 e. The van der Waals surface area contributed by atoms with Crippen LogP contribution in [0.25, 0.3) is 0 Å². The summed E-state index contributed by atoms with van der Waals surface area (Å²) in [6, 6.07) is 4.74. The minimum absolute atomic E-state index is 0. The molecule has 0 aliphatic carbocycles. The van der Waals surface area contributed by atoms with Crippen molar-refractivity contribution >= 4 is 53.3 Å². The topological polar surface area (TPSA) is 71.5 Å². The summed E-state index contributed by atoms with van der Waals surface area (Å²) in [6.45, 7) is 2.35. The van der Waals surface area contributed by atoms with E-state index in [-0.39, 0.29) is 18.4 Å². The Kier molecular flexibility index (Phi) is 8.62. The lowest BCUT2D eigenvalue weighted by Gasteiger charge is -2.34. The van der Waals surface area contributed by atoms with Gasteiger partial charge in [0.1, 0.15) is 0 Å². The number of para-hydroxylation sites is 1. The van der Waals surface area contributed by atoms with Gasteiger partial charge in [-0.3, -0.25) is 20.5 Å². The van der Waals surface area contributed by atoms with Gasteiger partial charge in [-0.1, -0.05) is 35.7 Å². The van der Waals surface area contributed by atoms with E-state index in [1.165, 1.54) is 13.5 Å². The van der Waals surface area contributed by atoms with Gasteiger partial charge in [0, 0.05) is 7.05 Å². The van der Waals surface area contributed by atoms with Crippen LogP contribution in [0.1, 0.15) is 19.3 Å². The molecule has 0 radical (unpaired) electrons. The average molecular weight is 395 g/mol. The smallest absolute Gasteiger partial charge is 0.321 e. The van der Waals surface area contributed by atoms with Gasteiger partial charge in [-0.15, -0.1) is 12.4 Å². The molecule has 1 fully saturated rings. The molecule has 1 aromatic carbocycles. The number of hydrogen-bond acceptors (Lipinski definition) is 3. The van der Waals surface area contributed by atoms with Crippen molar-refractivity contribution in [2.45, 2.75) is 19.3 Å². The fourth-order valence-corrected chi connectivity index (χ4v) is 3.14. The van der Waals surface area contributed by atoms with Gasteiger partial charge in [-0.05, 0) is 38.1 Å². The number of carbonyl (C=O) groups excluding carboxylic acids is 1. The molecule has 0 saturated carbocycles. The van der Waals surface area contributed by atoms with Crippen LogP contribution in [0.3, 0.4) is 0 Å². The highest BCUT2D eigenvalue weighted by Crippen LogP contribution is 2.33. The molecular formula is C15H22Cl3N5O. The van der Waals surface area contributed by atoms with E-state index in [1.807, 2.05) is 0 Å². The number of halogens is 3. The highest BCUT2D eigenvalue weighted by atomic mass is 35.5. The summed E-state index contributed by atoms with van der Waals surface area (Å²) in [4.78, 5) is 15.4. The molecule has 2 rings (SSSR count). The van der Waals surface area contributed by atoms with Crippen molar-refractivity contribution in [2.24, 2.45) is 0 Å². The fourth-order valence-electron chi connectivity index (χ4n) is 2.54. The van der Waals surface area contributed by atoms with Gasteiger partial charge in [0.05, 0.1) is 22.4 Å². The van der Waals surface area contributed by atoms with Crippen molar-refractivity contribution in [1.29, 1.82) is 5.41 Å². The average Bonchev–Trinajstić information content (AvgIpc) is 2.54. The van der Waals surface area contributed by atoms with Gasteiger partial charge in [0.2, 0.25) is 5.96 Å². The standard InChI is InChI=1S/C15H21Cl2N5O.ClH/c1-19-15(23)20-14(18)22(10-21-8-3-2-4-9-21)13-11(16)6-5-7-12(13)17;/h5-7H,2-4,8-10H2,1H3,(H3,18,19,20,23);1H. The third kappa shape index (κ3) is 5.41. The van der Waals surface area contributed by atoms with Gasteiger partial charge in [-0.2, -0.15) is 0 Å². The largest absolute Gasteiger partial charge is 0.341 e. The number of amides is 2. The van der Waals surface area contributed by atoms with Crippen LogP contribution in [0, 0.1) is 5.41 Å². The second kappa shape index (κ2) is 9.93. The number of nitrogens with zero attached hydrogens (tertiary/aromatic N) is 2. The second-order valence-corrected chi connectivity index (χ2v) is 6.19. The van der Waals surface area contributed by atoms with Crippen LogP contribution in [-0.4, -0.2) is 43.7 Å². The Balaban J connectivity index is 0.00000288. The molecule has 0 atom stereocenters. The lowest BCUT2D eigenvalue weighted by Crippen LogP contribution is -2.51. The molecule has 1 saturated heterocycles. The quantitative estimate of drug-likeness (QED) is 0.542. The first kappa shape index (κ1) is 20.8. The van der Waals surface area contributed by atoms with E-state index in [0.717, 1.165) is 25.9 Å². The molecule has 0 unspecified atom stereocenters. The Hall–Kier alpha value is -1.21. The van der Waals surface area contributed by atoms with E-state index in [1.54, 1.807) is 23.1 Å². The number of likely N-dealkylation sites (tertiary alicyclic amines) is 1. The molecule has 134 valence electrons. The summed E-state index contributed by atoms with van der Waals surface area (Å²) in [7, 11) is 1.50. The summed E-state index contributed by atoms with van der Waals surface area (Å²) >= 11 is 12.6. The molecule has 1 heterocycles. The molecule has 0 spiro atoms. The van der Waals surface area contributed by atoms with Crippen LogP contribution in [-0.2, 0) is 0 Å². The Morgan fingerprint density at radius 2 is 1.83 bits per heavy atom. The summed E-state index contributed by atoms with van der Waals surface area (Å²) in [5, 5.41) is 14.0.